The Hall–Kier alpha value is -1.25. The molecule has 0 bridgehead atoms. The minimum Gasteiger partial charge on any atom is -0.303 e. The first-order valence-electron chi connectivity index (χ1n) is 9.21. The molecule has 24 heavy (non-hydrogen) atoms. The van der Waals surface area contributed by atoms with Crippen molar-refractivity contribution >= 4 is 11.8 Å². The van der Waals surface area contributed by atoms with E-state index in [2.05, 4.69) is 85.1 Å². The van der Waals surface area contributed by atoms with Crippen LogP contribution in [0.5, 0.6) is 0 Å². The Morgan fingerprint density at radius 2 is 1.67 bits per heavy atom. The summed E-state index contributed by atoms with van der Waals surface area (Å²) in [5.41, 5.74) is 2.83. The second-order valence-corrected chi connectivity index (χ2v) is 8.45. The van der Waals surface area contributed by atoms with E-state index in [9.17, 15) is 0 Å². The molecule has 1 unspecified atom stereocenters. The molecule has 1 aliphatic rings. The van der Waals surface area contributed by atoms with Gasteiger partial charge in [-0.3, -0.25) is 0 Å². The van der Waals surface area contributed by atoms with Crippen molar-refractivity contribution in [3.63, 3.8) is 0 Å². The van der Waals surface area contributed by atoms with Crippen LogP contribution in [-0.2, 0) is 0 Å². The van der Waals surface area contributed by atoms with Crippen LogP contribution < -0.4 is 0 Å². The van der Waals surface area contributed by atoms with E-state index >= 15 is 0 Å². The summed E-state index contributed by atoms with van der Waals surface area (Å²) in [5, 5.41) is 0.790. The lowest BCUT2D eigenvalue weighted by Gasteiger charge is -2.32. The Kier molecular flexibility index (Phi) is 6.39. The number of likely N-dealkylation sites (tertiary alicyclic amines) is 1. The number of rotatable bonds is 6. The molecule has 0 N–H and O–H groups in total. The van der Waals surface area contributed by atoms with Gasteiger partial charge in [-0.05, 0) is 69.4 Å². The van der Waals surface area contributed by atoms with Crippen molar-refractivity contribution in [3.05, 3.63) is 65.7 Å². The van der Waals surface area contributed by atoms with Crippen LogP contribution in [0.2, 0.25) is 0 Å². The van der Waals surface area contributed by atoms with Crippen molar-refractivity contribution in [2.45, 2.75) is 49.2 Å². The molecular weight excluding hydrogens is 310 g/mol. The first kappa shape index (κ1) is 17.6. The van der Waals surface area contributed by atoms with Gasteiger partial charge in [-0.2, -0.15) is 0 Å². The summed E-state index contributed by atoms with van der Waals surface area (Å²) in [6.45, 7) is 8.27. The second kappa shape index (κ2) is 8.73. The first-order chi connectivity index (χ1) is 11.7. The molecule has 2 aromatic carbocycles. The van der Waals surface area contributed by atoms with E-state index in [-0.39, 0.29) is 0 Å². The highest BCUT2D eigenvalue weighted by Gasteiger charge is 2.20. The zero-order valence-electron chi connectivity index (χ0n) is 14.9. The quantitative estimate of drug-likeness (QED) is 0.659. The smallest absolute Gasteiger partial charge is 0.0119 e. The van der Waals surface area contributed by atoms with Gasteiger partial charge in [0.15, 0.2) is 0 Å². The number of thioether (sulfide) groups is 1. The Balaban J connectivity index is 1.40. The van der Waals surface area contributed by atoms with E-state index in [1.165, 1.54) is 54.9 Å². The van der Waals surface area contributed by atoms with Gasteiger partial charge >= 0.3 is 0 Å². The lowest BCUT2D eigenvalue weighted by Crippen LogP contribution is -2.35. The molecule has 1 fully saturated rings. The van der Waals surface area contributed by atoms with Gasteiger partial charge in [0.2, 0.25) is 0 Å². The molecule has 0 amide bonds. The van der Waals surface area contributed by atoms with Crippen LogP contribution in [0.1, 0.15) is 43.2 Å². The van der Waals surface area contributed by atoms with E-state index in [0.29, 0.717) is 5.92 Å². The summed E-state index contributed by atoms with van der Waals surface area (Å²) >= 11 is 2.06. The molecule has 0 aromatic heterocycles. The summed E-state index contributed by atoms with van der Waals surface area (Å²) in [5.74, 6) is 0.655. The van der Waals surface area contributed by atoms with E-state index in [1.807, 2.05) is 0 Å². The third kappa shape index (κ3) is 5.12. The van der Waals surface area contributed by atoms with Crippen LogP contribution in [0.3, 0.4) is 0 Å². The molecule has 1 nitrogen and oxygen atoms in total. The van der Waals surface area contributed by atoms with Crippen LogP contribution in [0.25, 0.3) is 0 Å². The van der Waals surface area contributed by atoms with Gasteiger partial charge < -0.3 is 4.90 Å². The van der Waals surface area contributed by atoms with Crippen molar-refractivity contribution < 1.29 is 0 Å². The van der Waals surface area contributed by atoms with E-state index in [1.54, 1.807) is 0 Å². The molecule has 0 saturated carbocycles. The predicted octanol–water partition coefficient (Wildman–Crippen LogP) is 5.75. The summed E-state index contributed by atoms with van der Waals surface area (Å²) in [6, 6.07) is 19.9. The highest BCUT2D eigenvalue weighted by Crippen LogP contribution is 2.30. The highest BCUT2D eigenvalue weighted by molar-refractivity contribution is 8.00. The molecule has 1 saturated heterocycles. The molecule has 1 aliphatic heterocycles. The topological polar surface area (TPSA) is 3.24 Å². The normalized spacial score (nSPS) is 17.8. The van der Waals surface area contributed by atoms with Gasteiger partial charge in [0.05, 0.1) is 0 Å². The Morgan fingerprint density at radius 3 is 2.33 bits per heavy atom. The summed E-state index contributed by atoms with van der Waals surface area (Å²) in [6.07, 6.45) is 3.90. The van der Waals surface area contributed by atoms with Crippen molar-refractivity contribution in [1.82, 2.24) is 4.90 Å². The van der Waals surface area contributed by atoms with Crippen LogP contribution in [-0.4, -0.2) is 29.8 Å². The zero-order chi connectivity index (χ0) is 16.8. The maximum absolute atomic E-state index is 2.66. The molecule has 2 heteroatoms. The predicted molar refractivity (Wildman–Crippen MR) is 106 cm³/mol. The molecule has 0 spiro atoms. The molecule has 1 heterocycles. The molecule has 3 rings (SSSR count). The third-order valence-electron chi connectivity index (χ3n) is 5.11. The summed E-state index contributed by atoms with van der Waals surface area (Å²) in [4.78, 5) is 4.08. The fraction of sp³-hybridized carbons (Fsp3) is 0.455. The number of hydrogen-bond acceptors (Lipinski definition) is 2. The van der Waals surface area contributed by atoms with Crippen molar-refractivity contribution in [3.8, 4) is 0 Å². The van der Waals surface area contributed by atoms with Crippen molar-refractivity contribution in [2.24, 2.45) is 0 Å². The summed E-state index contributed by atoms with van der Waals surface area (Å²) < 4.78 is 0. The standard InChI is InChI=1S/C22H29NS/c1-18-8-10-20(11-9-18)19(2)12-15-23-16-13-22(14-17-23)24-21-6-4-3-5-7-21/h3-11,19,22H,12-17H2,1-2H3. The Bertz CT molecular complexity index is 600. The Labute approximate surface area is 151 Å². The third-order valence-corrected chi connectivity index (χ3v) is 6.45. The molecule has 0 radical (unpaired) electrons. The number of nitrogens with zero attached hydrogens (tertiary/aromatic N) is 1. The largest absolute Gasteiger partial charge is 0.303 e. The van der Waals surface area contributed by atoms with E-state index < -0.39 is 0 Å². The van der Waals surface area contributed by atoms with Crippen LogP contribution in [0.15, 0.2) is 59.5 Å². The van der Waals surface area contributed by atoms with E-state index in [4.69, 9.17) is 0 Å². The van der Waals surface area contributed by atoms with Gasteiger partial charge in [0.1, 0.15) is 0 Å². The lowest BCUT2D eigenvalue weighted by molar-refractivity contribution is 0.226. The van der Waals surface area contributed by atoms with Gasteiger partial charge in [0.25, 0.3) is 0 Å². The van der Waals surface area contributed by atoms with Gasteiger partial charge in [0, 0.05) is 10.1 Å². The maximum atomic E-state index is 2.66. The fourth-order valence-corrected chi connectivity index (χ4v) is 4.53. The molecule has 0 aliphatic carbocycles. The monoisotopic (exact) mass is 339 g/mol. The zero-order valence-corrected chi connectivity index (χ0v) is 15.8. The Morgan fingerprint density at radius 1 is 1.00 bits per heavy atom. The van der Waals surface area contributed by atoms with Crippen LogP contribution >= 0.6 is 11.8 Å². The highest BCUT2D eigenvalue weighted by atomic mass is 32.2. The van der Waals surface area contributed by atoms with E-state index in [0.717, 1.165) is 5.25 Å². The fourth-order valence-electron chi connectivity index (χ4n) is 3.38. The molecule has 1 atom stereocenters. The number of piperidine rings is 1. The summed E-state index contributed by atoms with van der Waals surface area (Å²) in [7, 11) is 0. The molecule has 2 aromatic rings. The number of benzene rings is 2. The van der Waals surface area contributed by atoms with Crippen LogP contribution in [0, 0.1) is 6.92 Å². The van der Waals surface area contributed by atoms with Gasteiger partial charge in [-0.15, -0.1) is 11.8 Å². The van der Waals surface area contributed by atoms with Crippen LogP contribution in [0.4, 0.5) is 0 Å². The minimum atomic E-state index is 0.655. The molecular formula is C22H29NS. The SMILES string of the molecule is Cc1ccc(C(C)CCN2CCC(Sc3ccccc3)CC2)cc1. The van der Waals surface area contributed by atoms with Gasteiger partial charge in [-0.1, -0.05) is 55.0 Å². The van der Waals surface area contributed by atoms with Crippen molar-refractivity contribution in [2.75, 3.05) is 19.6 Å². The maximum Gasteiger partial charge on any atom is 0.0119 e. The van der Waals surface area contributed by atoms with Crippen molar-refractivity contribution in [1.29, 1.82) is 0 Å². The minimum absolute atomic E-state index is 0.655. The average molecular weight is 340 g/mol. The lowest BCUT2D eigenvalue weighted by atomic mass is 9.96. The number of aryl methyl sites for hydroxylation is 1. The molecule has 128 valence electrons. The first-order valence-corrected chi connectivity index (χ1v) is 10.1. The number of hydrogen-bond donors (Lipinski definition) is 0. The second-order valence-electron chi connectivity index (χ2n) is 7.07. The van der Waals surface area contributed by atoms with Gasteiger partial charge in [-0.25, -0.2) is 0 Å². The average Bonchev–Trinajstić information content (AvgIpc) is 2.62.